The Morgan fingerprint density at radius 3 is 2.77 bits per heavy atom. The van der Waals surface area contributed by atoms with E-state index in [4.69, 9.17) is 9.84 Å². The third-order valence-electron chi connectivity index (χ3n) is 3.37. The normalized spacial score (nSPS) is 13.9. The number of hydrogen-bond acceptors (Lipinski definition) is 3. The van der Waals surface area contributed by atoms with Crippen LogP contribution in [0.2, 0.25) is 0 Å². The Balaban J connectivity index is 2.77. The number of ether oxygens (including phenoxy) is 1. The zero-order valence-corrected chi connectivity index (χ0v) is 13.3. The number of carboxylic acid groups (broad SMARTS) is 1. The summed E-state index contributed by atoms with van der Waals surface area (Å²) in [5.41, 5.74) is -0.853. The average Bonchev–Trinajstić information content (AvgIpc) is 2.43. The maximum Gasteiger partial charge on any atom is 0.307 e. The van der Waals surface area contributed by atoms with Gasteiger partial charge in [-0.25, -0.2) is 0 Å². The lowest BCUT2D eigenvalue weighted by molar-refractivity contribution is -0.136. The molecule has 0 aromatic carbocycles. The fraction of sp³-hybridized carbons (Fsp3) is 0.529. The Labute approximate surface area is 131 Å². The zero-order chi connectivity index (χ0) is 16.4. The van der Waals surface area contributed by atoms with Gasteiger partial charge in [-0.1, -0.05) is 38.3 Å². The molecule has 1 unspecified atom stereocenters. The van der Waals surface area contributed by atoms with Gasteiger partial charge < -0.3 is 9.84 Å². The van der Waals surface area contributed by atoms with Gasteiger partial charge in [0.15, 0.2) is 5.88 Å². The Morgan fingerprint density at radius 2 is 2.14 bits per heavy atom. The number of aliphatic carboxylic acids is 1. The molecule has 0 amide bonds. The summed E-state index contributed by atoms with van der Waals surface area (Å²) in [7, 11) is 0. The highest BCUT2D eigenvalue weighted by Crippen LogP contribution is 2.23. The molecule has 0 bridgehead atoms. The zero-order valence-electron chi connectivity index (χ0n) is 13.3. The van der Waals surface area contributed by atoms with Crippen molar-refractivity contribution in [1.29, 1.82) is 0 Å². The summed E-state index contributed by atoms with van der Waals surface area (Å²) < 4.78 is 5.91. The molecular formula is C17H25NO4. The highest BCUT2D eigenvalue weighted by atomic mass is 16.5. The lowest BCUT2D eigenvalue weighted by Gasteiger charge is -2.27. The number of carbonyl (C=O) groups is 1. The number of carboxylic acids is 1. The Morgan fingerprint density at radius 1 is 1.36 bits per heavy atom. The second kappa shape index (κ2) is 9.07. The number of pyridine rings is 1. The van der Waals surface area contributed by atoms with E-state index in [0.29, 0.717) is 5.88 Å². The van der Waals surface area contributed by atoms with E-state index < -0.39 is 11.6 Å². The van der Waals surface area contributed by atoms with Crippen molar-refractivity contribution in [1.82, 2.24) is 4.98 Å². The first-order chi connectivity index (χ1) is 10.4. The van der Waals surface area contributed by atoms with Crippen LogP contribution < -0.4 is 10.3 Å². The summed E-state index contributed by atoms with van der Waals surface area (Å²) in [6.07, 6.45) is 8.50. The van der Waals surface area contributed by atoms with Crippen LogP contribution >= 0.6 is 0 Å². The van der Waals surface area contributed by atoms with Crippen molar-refractivity contribution in [3.05, 3.63) is 40.7 Å². The maximum atomic E-state index is 11.3. The topological polar surface area (TPSA) is 79.4 Å². The lowest BCUT2D eigenvalue weighted by Crippen LogP contribution is -2.31. The van der Waals surface area contributed by atoms with Gasteiger partial charge in [0.25, 0.3) is 5.56 Å². The van der Waals surface area contributed by atoms with Crippen LogP contribution in [-0.2, 0) is 4.79 Å². The highest BCUT2D eigenvalue weighted by molar-refractivity contribution is 5.68. The molecule has 122 valence electrons. The molecule has 22 heavy (non-hydrogen) atoms. The number of hydrogen-bond donors (Lipinski definition) is 2. The summed E-state index contributed by atoms with van der Waals surface area (Å²) in [5.74, 6) is -0.483. The van der Waals surface area contributed by atoms with Gasteiger partial charge in [-0.3, -0.25) is 14.6 Å². The molecule has 0 aliphatic heterocycles. The number of unbranched alkanes of at least 4 members (excludes halogenated alkanes) is 3. The highest BCUT2D eigenvalue weighted by Gasteiger charge is 2.23. The van der Waals surface area contributed by atoms with Gasteiger partial charge in [0, 0.05) is 6.07 Å². The summed E-state index contributed by atoms with van der Waals surface area (Å²) in [6.45, 7) is 4.06. The van der Waals surface area contributed by atoms with Crippen molar-refractivity contribution in [2.45, 2.75) is 58.0 Å². The van der Waals surface area contributed by atoms with E-state index in [1.54, 1.807) is 24.3 Å². The van der Waals surface area contributed by atoms with Gasteiger partial charge in [0.05, 0.1) is 6.42 Å². The first kappa shape index (κ1) is 18.0. The molecule has 1 aromatic heterocycles. The molecule has 1 heterocycles. The van der Waals surface area contributed by atoms with Crippen LogP contribution in [0.15, 0.2) is 35.1 Å². The van der Waals surface area contributed by atoms with Crippen molar-refractivity contribution in [3.8, 4) is 5.88 Å². The Kier molecular flexibility index (Phi) is 7.43. The number of rotatable bonds is 10. The van der Waals surface area contributed by atoms with Crippen molar-refractivity contribution >= 4 is 5.97 Å². The molecule has 0 spiro atoms. The first-order valence-corrected chi connectivity index (χ1v) is 7.73. The monoisotopic (exact) mass is 307 g/mol. The van der Waals surface area contributed by atoms with Gasteiger partial charge in [-0.2, -0.15) is 0 Å². The van der Waals surface area contributed by atoms with E-state index in [9.17, 15) is 9.59 Å². The molecule has 0 aliphatic carbocycles. The molecule has 0 fully saturated rings. The molecule has 1 aromatic rings. The standard InChI is InChI=1S/C17H25NO4/c1-3-4-5-6-12-17(2,13-8-11-16(20)21)22-15-10-7-9-14(19)18-15/h7-10,13H,3-6,11-12H2,1-2H3,(H,18,19)(H,20,21). The quantitative estimate of drug-likeness (QED) is 0.512. The molecule has 0 radical (unpaired) electrons. The third kappa shape index (κ3) is 7.11. The van der Waals surface area contributed by atoms with E-state index in [2.05, 4.69) is 11.9 Å². The number of nitrogens with one attached hydrogen (secondary N) is 1. The van der Waals surface area contributed by atoms with E-state index in [1.165, 1.54) is 6.07 Å². The second-order valence-corrected chi connectivity index (χ2v) is 5.60. The van der Waals surface area contributed by atoms with E-state index in [1.807, 2.05) is 6.92 Å². The number of aromatic amines is 1. The number of H-pyrrole nitrogens is 1. The summed E-state index contributed by atoms with van der Waals surface area (Å²) in [6, 6.07) is 4.75. The summed E-state index contributed by atoms with van der Waals surface area (Å²) >= 11 is 0. The van der Waals surface area contributed by atoms with Gasteiger partial charge in [0.1, 0.15) is 5.60 Å². The largest absolute Gasteiger partial charge is 0.481 e. The molecule has 1 rings (SSSR count). The molecule has 1 atom stereocenters. The Bertz CT molecular complexity index is 550. The maximum absolute atomic E-state index is 11.3. The average molecular weight is 307 g/mol. The summed E-state index contributed by atoms with van der Waals surface area (Å²) in [5, 5.41) is 8.74. The number of aromatic nitrogens is 1. The fourth-order valence-electron chi connectivity index (χ4n) is 2.22. The lowest BCUT2D eigenvalue weighted by atomic mass is 9.96. The molecule has 2 N–H and O–H groups in total. The van der Waals surface area contributed by atoms with E-state index in [0.717, 1.165) is 32.1 Å². The molecule has 5 heteroatoms. The SMILES string of the molecule is CCCCCCC(C)(C=CCC(=O)O)Oc1cccc(=O)[nH]1. The van der Waals surface area contributed by atoms with Gasteiger partial charge >= 0.3 is 5.97 Å². The predicted molar refractivity (Wildman–Crippen MR) is 86.2 cm³/mol. The van der Waals surface area contributed by atoms with Gasteiger partial charge in [0.2, 0.25) is 0 Å². The molecule has 5 nitrogen and oxygen atoms in total. The van der Waals surface area contributed by atoms with Gasteiger partial charge in [-0.15, -0.1) is 0 Å². The van der Waals surface area contributed by atoms with Crippen LogP contribution in [-0.4, -0.2) is 21.7 Å². The van der Waals surface area contributed by atoms with Crippen molar-refractivity contribution in [2.75, 3.05) is 0 Å². The minimum atomic E-state index is -0.877. The minimum Gasteiger partial charge on any atom is -0.481 e. The minimum absolute atomic E-state index is 0.0424. The summed E-state index contributed by atoms with van der Waals surface area (Å²) in [4.78, 5) is 24.6. The second-order valence-electron chi connectivity index (χ2n) is 5.60. The van der Waals surface area contributed by atoms with Crippen LogP contribution in [0.1, 0.15) is 52.4 Å². The van der Waals surface area contributed by atoms with Crippen LogP contribution in [0.4, 0.5) is 0 Å². The third-order valence-corrected chi connectivity index (χ3v) is 3.37. The molecule has 0 saturated carbocycles. The molecule has 0 saturated heterocycles. The predicted octanol–water partition coefficient (Wildman–Crippen LogP) is 3.51. The van der Waals surface area contributed by atoms with Crippen LogP contribution in [0.25, 0.3) is 0 Å². The Hall–Kier alpha value is -2.04. The van der Waals surface area contributed by atoms with Crippen LogP contribution in [0.5, 0.6) is 5.88 Å². The van der Waals surface area contributed by atoms with Crippen molar-refractivity contribution in [2.24, 2.45) is 0 Å². The van der Waals surface area contributed by atoms with Crippen LogP contribution in [0, 0.1) is 0 Å². The molecule has 0 aliphatic rings. The first-order valence-electron chi connectivity index (χ1n) is 7.73. The van der Waals surface area contributed by atoms with Crippen molar-refractivity contribution in [3.63, 3.8) is 0 Å². The van der Waals surface area contributed by atoms with E-state index in [-0.39, 0.29) is 12.0 Å². The smallest absolute Gasteiger partial charge is 0.307 e. The molecular weight excluding hydrogens is 282 g/mol. The van der Waals surface area contributed by atoms with Crippen LogP contribution in [0.3, 0.4) is 0 Å². The van der Waals surface area contributed by atoms with Gasteiger partial charge in [-0.05, 0) is 31.9 Å². The van der Waals surface area contributed by atoms with Crippen molar-refractivity contribution < 1.29 is 14.6 Å². The van der Waals surface area contributed by atoms with E-state index >= 15 is 0 Å². The fourth-order valence-corrected chi connectivity index (χ4v) is 2.22.